The SMILES string of the molecule is CC1=C[C@H](OC=C2C(=O)O[C@@H]3C4=C(C[C@H]23)[C@H](O)CCC4(C)C)OC1=O. The molecule has 0 spiro atoms. The Labute approximate surface area is 146 Å². The second-order valence-corrected chi connectivity index (χ2v) is 7.85. The van der Waals surface area contributed by atoms with Gasteiger partial charge in [0.15, 0.2) is 0 Å². The fraction of sp³-hybridized carbons (Fsp3) is 0.579. The van der Waals surface area contributed by atoms with E-state index in [1.807, 2.05) is 0 Å². The number of carbonyl (C=O) groups excluding carboxylic acids is 2. The van der Waals surface area contributed by atoms with Crippen molar-refractivity contribution >= 4 is 11.9 Å². The maximum Gasteiger partial charge on any atom is 0.338 e. The van der Waals surface area contributed by atoms with Gasteiger partial charge in [0, 0.05) is 17.6 Å². The van der Waals surface area contributed by atoms with Gasteiger partial charge in [-0.15, -0.1) is 0 Å². The summed E-state index contributed by atoms with van der Waals surface area (Å²) in [6.45, 7) is 5.92. The molecule has 4 aliphatic rings. The summed E-state index contributed by atoms with van der Waals surface area (Å²) in [5, 5.41) is 10.4. The van der Waals surface area contributed by atoms with Gasteiger partial charge in [-0.1, -0.05) is 13.8 Å². The molecule has 2 aliphatic carbocycles. The Morgan fingerprint density at radius 2 is 2.04 bits per heavy atom. The largest absolute Gasteiger partial charge is 0.458 e. The van der Waals surface area contributed by atoms with E-state index >= 15 is 0 Å². The maximum absolute atomic E-state index is 12.3. The number of rotatable bonds is 2. The number of esters is 2. The van der Waals surface area contributed by atoms with Gasteiger partial charge in [0.2, 0.25) is 0 Å². The molecule has 1 N–H and O–H groups in total. The fourth-order valence-electron chi connectivity index (χ4n) is 4.38. The van der Waals surface area contributed by atoms with Crippen molar-refractivity contribution in [2.75, 3.05) is 0 Å². The predicted molar refractivity (Wildman–Crippen MR) is 86.8 cm³/mol. The Morgan fingerprint density at radius 1 is 1.28 bits per heavy atom. The first-order valence-electron chi connectivity index (χ1n) is 8.65. The molecule has 134 valence electrons. The van der Waals surface area contributed by atoms with E-state index in [0.29, 0.717) is 17.6 Å². The third-order valence-electron chi connectivity index (χ3n) is 5.74. The number of aliphatic hydroxyl groups excluding tert-OH is 1. The lowest BCUT2D eigenvalue weighted by Gasteiger charge is -2.36. The molecule has 0 aromatic heterocycles. The zero-order valence-electron chi connectivity index (χ0n) is 14.6. The number of fused-ring (bicyclic) bond motifs is 2. The minimum atomic E-state index is -0.808. The minimum absolute atomic E-state index is 0.0919. The molecule has 6 heteroatoms. The first kappa shape index (κ1) is 16.4. The van der Waals surface area contributed by atoms with Crippen molar-refractivity contribution in [3.63, 3.8) is 0 Å². The van der Waals surface area contributed by atoms with Crippen molar-refractivity contribution in [2.24, 2.45) is 11.3 Å². The van der Waals surface area contributed by atoms with Gasteiger partial charge in [-0.3, -0.25) is 0 Å². The summed E-state index contributed by atoms with van der Waals surface area (Å²) in [6, 6.07) is 0. The summed E-state index contributed by atoms with van der Waals surface area (Å²) in [6.07, 6.45) is 3.53. The summed E-state index contributed by atoms with van der Waals surface area (Å²) >= 11 is 0. The van der Waals surface area contributed by atoms with E-state index in [-0.39, 0.29) is 17.4 Å². The molecule has 1 fully saturated rings. The summed E-state index contributed by atoms with van der Waals surface area (Å²) < 4.78 is 16.1. The van der Waals surface area contributed by atoms with Gasteiger partial charge >= 0.3 is 11.9 Å². The molecule has 0 aromatic rings. The number of cyclic esters (lactones) is 1. The lowest BCUT2D eigenvalue weighted by Crippen LogP contribution is -2.31. The molecule has 4 rings (SSSR count). The quantitative estimate of drug-likeness (QED) is 0.357. The van der Waals surface area contributed by atoms with Crippen LogP contribution >= 0.6 is 0 Å². The second kappa shape index (κ2) is 5.46. The number of hydrogen-bond acceptors (Lipinski definition) is 6. The molecule has 2 aliphatic heterocycles. The molecule has 0 saturated carbocycles. The van der Waals surface area contributed by atoms with Crippen molar-refractivity contribution in [3.05, 3.63) is 34.6 Å². The highest BCUT2D eigenvalue weighted by molar-refractivity contribution is 5.92. The van der Waals surface area contributed by atoms with Gasteiger partial charge < -0.3 is 19.3 Å². The van der Waals surface area contributed by atoms with Crippen molar-refractivity contribution in [2.45, 2.75) is 58.5 Å². The third-order valence-corrected chi connectivity index (χ3v) is 5.74. The smallest absolute Gasteiger partial charge is 0.338 e. The van der Waals surface area contributed by atoms with E-state index in [0.717, 1.165) is 24.0 Å². The Hall–Kier alpha value is -2.08. The van der Waals surface area contributed by atoms with Crippen LogP contribution in [0.5, 0.6) is 0 Å². The van der Waals surface area contributed by atoms with Crippen LogP contribution in [0.2, 0.25) is 0 Å². The molecular formula is C19H22O6. The molecule has 0 radical (unpaired) electrons. The van der Waals surface area contributed by atoms with Crippen LogP contribution in [0.4, 0.5) is 0 Å². The van der Waals surface area contributed by atoms with Crippen LogP contribution in [0, 0.1) is 11.3 Å². The van der Waals surface area contributed by atoms with Gasteiger partial charge in [0.25, 0.3) is 6.29 Å². The zero-order chi connectivity index (χ0) is 17.9. The van der Waals surface area contributed by atoms with Crippen molar-refractivity contribution in [1.82, 2.24) is 0 Å². The molecule has 0 bridgehead atoms. The van der Waals surface area contributed by atoms with Crippen LogP contribution in [0.1, 0.15) is 40.0 Å². The molecule has 0 amide bonds. The Bertz CT molecular complexity index is 741. The standard InChI is InChI=1S/C19H22O6/c1-9-6-14(24-17(9)21)23-8-12-10-7-11-13(20)4-5-19(2,3)15(11)16(10)25-18(12)22/h6,8,10,13-14,16,20H,4-5,7H2,1-3H3/t10-,13-,14-,16+/m1/s1. The van der Waals surface area contributed by atoms with Gasteiger partial charge in [-0.2, -0.15) is 0 Å². The lowest BCUT2D eigenvalue weighted by atomic mass is 9.71. The van der Waals surface area contributed by atoms with E-state index in [9.17, 15) is 14.7 Å². The van der Waals surface area contributed by atoms with Crippen LogP contribution in [0.25, 0.3) is 0 Å². The molecule has 4 atom stereocenters. The molecule has 6 nitrogen and oxygen atoms in total. The second-order valence-electron chi connectivity index (χ2n) is 7.85. The van der Waals surface area contributed by atoms with Crippen LogP contribution < -0.4 is 0 Å². The number of hydrogen-bond donors (Lipinski definition) is 1. The number of ether oxygens (including phenoxy) is 3. The predicted octanol–water partition coefficient (Wildman–Crippen LogP) is 2.14. The highest BCUT2D eigenvalue weighted by Crippen LogP contribution is 2.54. The Balaban J connectivity index is 1.57. The Morgan fingerprint density at radius 3 is 2.72 bits per heavy atom. The molecular weight excluding hydrogens is 324 g/mol. The van der Waals surface area contributed by atoms with Gasteiger partial charge in [0.1, 0.15) is 6.10 Å². The number of carbonyl (C=O) groups is 2. The average molecular weight is 346 g/mol. The maximum atomic E-state index is 12.3. The van der Waals surface area contributed by atoms with Gasteiger partial charge in [0.05, 0.1) is 17.9 Å². The molecule has 1 saturated heterocycles. The lowest BCUT2D eigenvalue weighted by molar-refractivity contribution is -0.152. The monoisotopic (exact) mass is 346 g/mol. The first-order chi connectivity index (χ1) is 11.8. The van der Waals surface area contributed by atoms with E-state index in [2.05, 4.69) is 13.8 Å². The Kier molecular flexibility index (Phi) is 3.58. The third kappa shape index (κ3) is 2.51. The minimum Gasteiger partial charge on any atom is -0.458 e. The first-order valence-corrected chi connectivity index (χ1v) is 8.65. The summed E-state index contributed by atoms with van der Waals surface area (Å²) in [5.41, 5.74) is 2.91. The summed E-state index contributed by atoms with van der Waals surface area (Å²) in [7, 11) is 0. The average Bonchev–Trinajstić information content (AvgIpc) is 3.15. The van der Waals surface area contributed by atoms with Gasteiger partial charge in [-0.25, -0.2) is 9.59 Å². The molecule has 2 heterocycles. The van der Waals surface area contributed by atoms with Crippen molar-refractivity contribution in [3.8, 4) is 0 Å². The van der Waals surface area contributed by atoms with E-state index in [1.165, 1.54) is 6.26 Å². The van der Waals surface area contributed by atoms with Crippen molar-refractivity contribution < 1.29 is 28.9 Å². The normalized spacial score (nSPS) is 37.6. The van der Waals surface area contributed by atoms with Gasteiger partial charge in [-0.05, 0) is 42.7 Å². The van der Waals surface area contributed by atoms with Crippen LogP contribution in [-0.4, -0.2) is 35.5 Å². The van der Waals surface area contributed by atoms with E-state index < -0.39 is 24.3 Å². The molecule has 25 heavy (non-hydrogen) atoms. The highest BCUT2D eigenvalue weighted by atomic mass is 16.7. The summed E-state index contributed by atoms with van der Waals surface area (Å²) in [4.78, 5) is 23.7. The van der Waals surface area contributed by atoms with Crippen LogP contribution in [-0.2, 0) is 23.8 Å². The number of aliphatic hydroxyl groups is 1. The topological polar surface area (TPSA) is 82.1 Å². The van der Waals surface area contributed by atoms with Crippen LogP contribution in [0.15, 0.2) is 34.6 Å². The highest BCUT2D eigenvalue weighted by Gasteiger charge is 2.53. The van der Waals surface area contributed by atoms with E-state index in [1.54, 1.807) is 13.0 Å². The van der Waals surface area contributed by atoms with Crippen LogP contribution in [0.3, 0.4) is 0 Å². The molecule has 0 aromatic carbocycles. The molecule has 0 unspecified atom stereocenters. The summed E-state index contributed by atoms with van der Waals surface area (Å²) in [5.74, 6) is -0.965. The van der Waals surface area contributed by atoms with E-state index in [4.69, 9.17) is 14.2 Å². The van der Waals surface area contributed by atoms with Crippen molar-refractivity contribution in [1.29, 1.82) is 0 Å². The zero-order valence-corrected chi connectivity index (χ0v) is 14.6. The fourth-order valence-corrected chi connectivity index (χ4v) is 4.38.